The van der Waals surface area contributed by atoms with E-state index in [-0.39, 0.29) is 5.82 Å². The number of halogens is 1. The molecular formula is C17H20FN. The highest BCUT2D eigenvalue weighted by molar-refractivity contribution is 5.59. The van der Waals surface area contributed by atoms with Crippen LogP contribution in [-0.2, 0) is 6.42 Å². The number of hydrogen-bond donors (Lipinski definition) is 0. The summed E-state index contributed by atoms with van der Waals surface area (Å²) in [5, 5.41) is 0. The first kappa shape index (κ1) is 13.7. The van der Waals surface area contributed by atoms with E-state index in [1.165, 1.54) is 37.0 Å². The largest absolute Gasteiger partial charge is 0.253 e. The lowest BCUT2D eigenvalue weighted by molar-refractivity contribution is 0.628. The van der Waals surface area contributed by atoms with Crippen LogP contribution in [0.4, 0.5) is 4.39 Å². The normalized spacial score (nSPS) is 10.7. The molecule has 2 heteroatoms. The summed E-state index contributed by atoms with van der Waals surface area (Å²) >= 11 is 0. The van der Waals surface area contributed by atoms with Crippen LogP contribution < -0.4 is 0 Å². The molecule has 1 aromatic carbocycles. The Morgan fingerprint density at radius 3 is 2.37 bits per heavy atom. The molecule has 0 atom stereocenters. The van der Waals surface area contributed by atoms with Gasteiger partial charge in [0.05, 0.1) is 5.69 Å². The van der Waals surface area contributed by atoms with Gasteiger partial charge in [-0.15, -0.1) is 0 Å². The van der Waals surface area contributed by atoms with Gasteiger partial charge in [-0.25, -0.2) is 4.39 Å². The Bertz CT molecular complexity index is 531. The number of unbranched alkanes of at least 4 members (excludes halogenated alkanes) is 2. The van der Waals surface area contributed by atoms with E-state index in [0.29, 0.717) is 0 Å². The van der Waals surface area contributed by atoms with Crippen molar-refractivity contribution in [3.63, 3.8) is 0 Å². The smallest absolute Gasteiger partial charge is 0.123 e. The molecule has 2 aromatic rings. The SMILES string of the molecule is CCCCCc1ccc(-c2ccc(F)cc2)nc1C. The second kappa shape index (κ2) is 6.46. The minimum Gasteiger partial charge on any atom is -0.253 e. The fourth-order valence-corrected chi connectivity index (χ4v) is 2.20. The van der Waals surface area contributed by atoms with Crippen molar-refractivity contribution in [2.24, 2.45) is 0 Å². The minimum absolute atomic E-state index is 0.211. The standard InChI is InChI=1S/C17H20FN/c1-3-4-5-6-14-9-12-17(19-13(14)2)15-7-10-16(18)11-8-15/h7-12H,3-6H2,1-2H3. The van der Waals surface area contributed by atoms with Crippen LogP contribution in [0.15, 0.2) is 36.4 Å². The molecule has 0 amide bonds. The second-order valence-corrected chi connectivity index (χ2v) is 4.91. The lowest BCUT2D eigenvalue weighted by Gasteiger charge is -2.08. The highest BCUT2D eigenvalue weighted by atomic mass is 19.1. The highest BCUT2D eigenvalue weighted by Gasteiger charge is 2.04. The molecule has 1 aromatic heterocycles. The van der Waals surface area contributed by atoms with Gasteiger partial charge in [0.1, 0.15) is 5.82 Å². The summed E-state index contributed by atoms with van der Waals surface area (Å²) < 4.78 is 12.9. The van der Waals surface area contributed by atoms with Gasteiger partial charge in [-0.1, -0.05) is 25.8 Å². The maximum atomic E-state index is 12.9. The monoisotopic (exact) mass is 257 g/mol. The van der Waals surface area contributed by atoms with E-state index in [2.05, 4.69) is 18.0 Å². The van der Waals surface area contributed by atoms with Crippen molar-refractivity contribution >= 4 is 0 Å². The van der Waals surface area contributed by atoms with Crippen molar-refractivity contribution in [3.8, 4) is 11.3 Å². The summed E-state index contributed by atoms with van der Waals surface area (Å²) in [6.07, 6.45) is 4.81. The summed E-state index contributed by atoms with van der Waals surface area (Å²) in [5.41, 5.74) is 4.28. The minimum atomic E-state index is -0.211. The third-order valence-electron chi connectivity index (χ3n) is 3.38. The van der Waals surface area contributed by atoms with Gasteiger partial charge in [-0.3, -0.25) is 4.98 Å². The molecule has 0 unspecified atom stereocenters. The van der Waals surface area contributed by atoms with Crippen LogP contribution >= 0.6 is 0 Å². The zero-order chi connectivity index (χ0) is 13.7. The Balaban J connectivity index is 2.16. The van der Waals surface area contributed by atoms with Crippen LogP contribution in [0.3, 0.4) is 0 Å². The van der Waals surface area contributed by atoms with E-state index in [0.717, 1.165) is 23.4 Å². The van der Waals surface area contributed by atoms with Crippen LogP contribution in [0.5, 0.6) is 0 Å². The van der Waals surface area contributed by atoms with E-state index >= 15 is 0 Å². The first-order valence-corrected chi connectivity index (χ1v) is 6.93. The van der Waals surface area contributed by atoms with Gasteiger partial charge in [0.2, 0.25) is 0 Å². The van der Waals surface area contributed by atoms with E-state index in [1.54, 1.807) is 12.1 Å². The summed E-state index contributed by atoms with van der Waals surface area (Å²) in [7, 11) is 0. The van der Waals surface area contributed by atoms with Crippen molar-refractivity contribution in [1.82, 2.24) is 4.98 Å². The fourth-order valence-electron chi connectivity index (χ4n) is 2.20. The molecule has 19 heavy (non-hydrogen) atoms. The number of aromatic nitrogens is 1. The Morgan fingerprint density at radius 2 is 1.74 bits per heavy atom. The Morgan fingerprint density at radius 1 is 1.00 bits per heavy atom. The lowest BCUT2D eigenvalue weighted by Crippen LogP contribution is -1.95. The van der Waals surface area contributed by atoms with Crippen molar-refractivity contribution in [2.75, 3.05) is 0 Å². The first-order chi connectivity index (χ1) is 9.20. The van der Waals surface area contributed by atoms with E-state index < -0.39 is 0 Å². The fraction of sp³-hybridized carbons (Fsp3) is 0.353. The molecular weight excluding hydrogens is 237 g/mol. The molecule has 0 spiro atoms. The van der Waals surface area contributed by atoms with E-state index in [9.17, 15) is 4.39 Å². The van der Waals surface area contributed by atoms with Crippen molar-refractivity contribution < 1.29 is 4.39 Å². The van der Waals surface area contributed by atoms with Crippen molar-refractivity contribution in [2.45, 2.75) is 39.5 Å². The zero-order valence-electron chi connectivity index (χ0n) is 11.6. The number of rotatable bonds is 5. The molecule has 0 fully saturated rings. The molecule has 1 nitrogen and oxygen atoms in total. The Hall–Kier alpha value is -1.70. The first-order valence-electron chi connectivity index (χ1n) is 6.93. The van der Waals surface area contributed by atoms with Gasteiger partial charge >= 0.3 is 0 Å². The molecule has 2 rings (SSSR count). The van der Waals surface area contributed by atoms with Gasteiger partial charge in [0.15, 0.2) is 0 Å². The van der Waals surface area contributed by atoms with Crippen LogP contribution in [0.2, 0.25) is 0 Å². The molecule has 1 heterocycles. The quantitative estimate of drug-likeness (QED) is 0.692. The number of pyridine rings is 1. The summed E-state index contributed by atoms with van der Waals surface area (Å²) in [6.45, 7) is 4.26. The highest BCUT2D eigenvalue weighted by Crippen LogP contribution is 2.20. The zero-order valence-corrected chi connectivity index (χ0v) is 11.6. The molecule has 0 aliphatic heterocycles. The predicted octanol–water partition coefficient (Wildman–Crippen LogP) is 4.93. The molecule has 0 aliphatic rings. The average Bonchev–Trinajstić information content (AvgIpc) is 2.42. The number of hydrogen-bond acceptors (Lipinski definition) is 1. The Labute approximate surface area is 114 Å². The third-order valence-corrected chi connectivity index (χ3v) is 3.38. The van der Waals surface area contributed by atoms with E-state index in [1.807, 2.05) is 13.0 Å². The van der Waals surface area contributed by atoms with Crippen molar-refractivity contribution in [1.29, 1.82) is 0 Å². The van der Waals surface area contributed by atoms with Gasteiger partial charge < -0.3 is 0 Å². The lowest BCUT2D eigenvalue weighted by atomic mass is 10.0. The molecule has 0 aliphatic carbocycles. The summed E-state index contributed by atoms with van der Waals surface area (Å²) in [6, 6.07) is 10.7. The van der Waals surface area contributed by atoms with Gasteiger partial charge in [-0.2, -0.15) is 0 Å². The summed E-state index contributed by atoms with van der Waals surface area (Å²) in [5.74, 6) is -0.211. The molecule has 0 radical (unpaired) electrons. The molecule has 0 N–H and O–H groups in total. The van der Waals surface area contributed by atoms with Crippen LogP contribution in [-0.4, -0.2) is 4.98 Å². The molecule has 0 saturated heterocycles. The van der Waals surface area contributed by atoms with Crippen LogP contribution in [0.25, 0.3) is 11.3 Å². The van der Waals surface area contributed by atoms with Crippen molar-refractivity contribution in [3.05, 3.63) is 53.5 Å². The van der Waals surface area contributed by atoms with Gasteiger partial charge in [0, 0.05) is 11.3 Å². The number of benzene rings is 1. The topological polar surface area (TPSA) is 12.9 Å². The number of nitrogens with zero attached hydrogens (tertiary/aromatic N) is 1. The van der Waals surface area contributed by atoms with Crippen LogP contribution in [0, 0.1) is 12.7 Å². The number of aryl methyl sites for hydroxylation is 2. The van der Waals surface area contributed by atoms with Gasteiger partial charge in [0.25, 0.3) is 0 Å². The summed E-state index contributed by atoms with van der Waals surface area (Å²) in [4.78, 5) is 4.63. The third kappa shape index (κ3) is 3.63. The van der Waals surface area contributed by atoms with E-state index in [4.69, 9.17) is 0 Å². The maximum absolute atomic E-state index is 12.9. The second-order valence-electron chi connectivity index (χ2n) is 4.91. The maximum Gasteiger partial charge on any atom is 0.123 e. The van der Waals surface area contributed by atoms with Gasteiger partial charge in [-0.05, 0) is 55.7 Å². The predicted molar refractivity (Wildman–Crippen MR) is 77.6 cm³/mol. The average molecular weight is 257 g/mol. The molecule has 0 saturated carbocycles. The Kier molecular flexibility index (Phi) is 4.67. The molecule has 0 bridgehead atoms. The molecule has 100 valence electrons. The van der Waals surface area contributed by atoms with Crippen LogP contribution in [0.1, 0.15) is 37.4 Å².